The van der Waals surface area contributed by atoms with Gasteiger partial charge in [-0.3, -0.25) is 0 Å². The van der Waals surface area contributed by atoms with E-state index >= 15 is 0 Å². The van der Waals surface area contributed by atoms with Crippen molar-refractivity contribution in [1.29, 1.82) is 0 Å². The lowest BCUT2D eigenvalue weighted by Gasteiger charge is -2.10. The minimum Gasteiger partial charge on any atom is -0.507 e. The van der Waals surface area contributed by atoms with Gasteiger partial charge in [-0.15, -0.1) is 0 Å². The molecule has 110 valence electrons. The molecule has 3 nitrogen and oxygen atoms in total. The average molecular weight is 298 g/mol. The first-order valence-corrected chi connectivity index (χ1v) is 6.60. The predicted molar refractivity (Wildman–Crippen MR) is 81.0 cm³/mol. The highest BCUT2D eigenvalue weighted by molar-refractivity contribution is 5.73. The predicted octanol–water partition coefficient (Wildman–Crippen LogP) is 4.48. The standard InChI is InChI=1S/C17H12F2N2O/c18-11-6-7-13(16(22)8-11)14-9-17(20-10-15(14)19)21-12-4-2-1-3-5-12/h1-10,22H,(H,20,21). The molecule has 0 aliphatic carbocycles. The summed E-state index contributed by atoms with van der Waals surface area (Å²) in [7, 11) is 0. The van der Waals surface area contributed by atoms with Crippen LogP contribution in [0.5, 0.6) is 5.75 Å². The Morgan fingerprint density at radius 3 is 2.41 bits per heavy atom. The zero-order valence-electron chi connectivity index (χ0n) is 11.4. The van der Waals surface area contributed by atoms with Crippen molar-refractivity contribution in [2.24, 2.45) is 0 Å². The molecule has 0 unspecified atom stereocenters. The van der Waals surface area contributed by atoms with Crippen LogP contribution < -0.4 is 5.32 Å². The molecule has 0 saturated heterocycles. The molecule has 0 bridgehead atoms. The highest BCUT2D eigenvalue weighted by Gasteiger charge is 2.12. The van der Waals surface area contributed by atoms with E-state index in [9.17, 15) is 13.9 Å². The lowest BCUT2D eigenvalue weighted by atomic mass is 10.1. The number of rotatable bonds is 3. The van der Waals surface area contributed by atoms with Gasteiger partial charge in [0, 0.05) is 22.9 Å². The summed E-state index contributed by atoms with van der Waals surface area (Å²) >= 11 is 0. The van der Waals surface area contributed by atoms with Gasteiger partial charge in [-0.1, -0.05) is 18.2 Å². The SMILES string of the molecule is Oc1cc(F)ccc1-c1cc(Nc2ccccc2)ncc1F. The van der Waals surface area contributed by atoms with Crippen molar-refractivity contribution < 1.29 is 13.9 Å². The number of halogens is 2. The summed E-state index contributed by atoms with van der Waals surface area (Å²) < 4.78 is 27.0. The Kier molecular flexibility index (Phi) is 3.70. The number of pyridine rings is 1. The number of hydrogen-bond acceptors (Lipinski definition) is 3. The molecule has 0 aliphatic heterocycles. The van der Waals surface area contributed by atoms with E-state index < -0.39 is 11.6 Å². The van der Waals surface area contributed by atoms with Gasteiger partial charge in [0.15, 0.2) is 0 Å². The summed E-state index contributed by atoms with van der Waals surface area (Å²) in [6, 6.07) is 14.2. The lowest BCUT2D eigenvalue weighted by molar-refractivity contribution is 0.470. The summed E-state index contributed by atoms with van der Waals surface area (Å²) in [4.78, 5) is 3.97. The number of aromatic nitrogens is 1. The molecule has 0 amide bonds. The zero-order valence-corrected chi connectivity index (χ0v) is 11.4. The minimum absolute atomic E-state index is 0.144. The maximum absolute atomic E-state index is 14.0. The second-order valence-corrected chi connectivity index (χ2v) is 4.70. The van der Waals surface area contributed by atoms with Gasteiger partial charge in [-0.05, 0) is 30.3 Å². The van der Waals surface area contributed by atoms with Crippen LogP contribution in [0.25, 0.3) is 11.1 Å². The molecule has 0 spiro atoms. The Morgan fingerprint density at radius 2 is 1.68 bits per heavy atom. The summed E-state index contributed by atoms with van der Waals surface area (Å²) in [5, 5.41) is 12.8. The summed E-state index contributed by atoms with van der Waals surface area (Å²) in [6.07, 6.45) is 1.06. The third kappa shape index (κ3) is 2.88. The average Bonchev–Trinajstić information content (AvgIpc) is 2.51. The molecule has 0 atom stereocenters. The van der Waals surface area contributed by atoms with Gasteiger partial charge in [0.05, 0.1) is 6.20 Å². The number of aromatic hydroxyl groups is 1. The van der Waals surface area contributed by atoms with E-state index in [0.29, 0.717) is 5.82 Å². The van der Waals surface area contributed by atoms with Gasteiger partial charge >= 0.3 is 0 Å². The first kappa shape index (κ1) is 14.0. The maximum Gasteiger partial charge on any atom is 0.149 e. The van der Waals surface area contributed by atoms with Crippen LogP contribution in [-0.2, 0) is 0 Å². The number of nitrogens with one attached hydrogen (secondary N) is 1. The second-order valence-electron chi connectivity index (χ2n) is 4.70. The Balaban J connectivity index is 2.00. The van der Waals surface area contributed by atoms with Crippen molar-refractivity contribution in [3.63, 3.8) is 0 Å². The highest BCUT2D eigenvalue weighted by atomic mass is 19.1. The lowest BCUT2D eigenvalue weighted by Crippen LogP contribution is -1.96. The Bertz CT molecular complexity index is 807. The molecule has 2 aromatic carbocycles. The molecule has 0 saturated carbocycles. The van der Waals surface area contributed by atoms with Crippen LogP contribution in [0.3, 0.4) is 0 Å². The molecule has 1 aromatic heterocycles. The Hall–Kier alpha value is -2.95. The number of benzene rings is 2. The Morgan fingerprint density at radius 1 is 0.909 bits per heavy atom. The highest BCUT2D eigenvalue weighted by Crippen LogP contribution is 2.33. The van der Waals surface area contributed by atoms with Crippen molar-refractivity contribution in [3.05, 3.63) is 72.4 Å². The quantitative estimate of drug-likeness (QED) is 0.749. The third-order valence-corrected chi connectivity index (χ3v) is 3.15. The van der Waals surface area contributed by atoms with Crippen LogP contribution in [-0.4, -0.2) is 10.1 Å². The smallest absolute Gasteiger partial charge is 0.149 e. The van der Waals surface area contributed by atoms with E-state index in [2.05, 4.69) is 10.3 Å². The van der Waals surface area contributed by atoms with Gasteiger partial charge in [-0.25, -0.2) is 13.8 Å². The monoisotopic (exact) mass is 298 g/mol. The molecule has 0 aliphatic rings. The first-order valence-electron chi connectivity index (χ1n) is 6.60. The molecular weight excluding hydrogens is 286 g/mol. The van der Waals surface area contributed by atoms with Gasteiger partial charge in [-0.2, -0.15) is 0 Å². The molecule has 22 heavy (non-hydrogen) atoms. The van der Waals surface area contributed by atoms with Crippen LogP contribution in [0.15, 0.2) is 60.8 Å². The number of hydrogen-bond donors (Lipinski definition) is 2. The maximum atomic E-state index is 14.0. The fourth-order valence-electron chi connectivity index (χ4n) is 2.12. The van der Waals surface area contributed by atoms with Crippen LogP contribution in [0.2, 0.25) is 0 Å². The van der Waals surface area contributed by atoms with Crippen molar-refractivity contribution in [2.45, 2.75) is 0 Å². The molecule has 0 fully saturated rings. The van der Waals surface area contributed by atoms with Crippen LogP contribution in [0, 0.1) is 11.6 Å². The molecule has 3 aromatic rings. The van der Waals surface area contributed by atoms with Gasteiger partial charge < -0.3 is 10.4 Å². The first-order chi connectivity index (χ1) is 10.6. The fraction of sp³-hybridized carbons (Fsp3) is 0. The van der Waals surface area contributed by atoms with Crippen LogP contribution >= 0.6 is 0 Å². The number of para-hydroxylation sites is 1. The van der Waals surface area contributed by atoms with E-state index in [0.717, 1.165) is 18.0 Å². The molecule has 0 radical (unpaired) electrons. The fourth-order valence-corrected chi connectivity index (χ4v) is 2.12. The normalized spacial score (nSPS) is 10.5. The van der Waals surface area contributed by atoms with Crippen molar-refractivity contribution in [3.8, 4) is 16.9 Å². The molecule has 1 heterocycles. The molecule has 5 heteroatoms. The summed E-state index contributed by atoms with van der Waals surface area (Å²) in [5.41, 5.74) is 1.15. The van der Waals surface area contributed by atoms with E-state index in [-0.39, 0.29) is 16.9 Å². The van der Waals surface area contributed by atoms with Gasteiger partial charge in [0.2, 0.25) is 0 Å². The zero-order chi connectivity index (χ0) is 15.5. The van der Waals surface area contributed by atoms with Crippen molar-refractivity contribution in [1.82, 2.24) is 4.98 Å². The number of phenolic OH excluding ortho intramolecular Hbond substituents is 1. The van der Waals surface area contributed by atoms with Gasteiger partial charge in [0.25, 0.3) is 0 Å². The van der Waals surface area contributed by atoms with Crippen LogP contribution in [0.1, 0.15) is 0 Å². The molecule has 3 rings (SSSR count). The topological polar surface area (TPSA) is 45.1 Å². The minimum atomic E-state index is -0.597. The number of phenols is 1. The second kappa shape index (κ2) is 5.81. The Labute approximate surface area is 125 Å². The molecular formula is C17H12F2N2O. The van der Waals surface area contributed by atoms with Crippen LogP contribution in [0.4, 0.5) is 20.3 Å². The van der Waals surface area contributed by atoms with Crippen molar-refractivity contribution >= 4 is 11.5 Å². The van der Waals surface area contributed by atoms with Gasteiger partial charge in [0.1, 0.15) is 23.2 Å². The number of nitrogens with zero attached hydrogens (tertiary/aromatic N) is 1. The van der Waals surface area contributed by atoms with Crippen molar-refractivity contribution in [2.75, 3.05) is 5.32 Å². The summed E-state index contributed by atoms with van der Waals surface area (Å²) in [5.74, 6) is -1.08. The van der Waals surface area contributed by atoms with E-state index in [1.54, 1.807) is 0 Å². The molecule has 2 N–H and O–H groups in total. The third-order valence-electron chi connectivity index (χ3n) is 3.15. The number of anilines is 2. The largest absolute Gasteiger partial charge is 0.507 e. The van der Waals surface area contributed by atoms with E-state index in [1.165, 1.54) is 18.2 Å². The van der Waals surface area contributed by atoms with E-state index in [1.807, 2.05) is 30.3 Å². The summed E-state index contributed by atoms with van der Waals surface area (Å²) in [6.45, 7) is 0. The van der Waals surface area contributed by atoms with E-state index in [4.69, 9.17) is 0 Å².